The molecule has 0 amide bonds. The van der Waals surface area contributed by atoms with E-state index in [9.17, 15) is 17.2 Å². The molecule has 0 unspecified atom stereocenters. The molecular weight excluding hydrogens is 488 g/mol. The van der Waals surface area contributed by atoms with E-state index in [2.05, 4.69) is 15.0 Å². The minimum Gasteiger partial charge on any atom is -0.485 e. The molecule has 8 nitrogen and oxygen atoms in total. The van der Waals surface area contributed by atoms with Crippen molar-refractivity contribution in [1.29, 1.82) is 0 Å². The Labute approximate surface area is 208 Å². The predicted octanol–water partition coefficient (Wildman–Crippen LogP) is 3.40. The van der Waals surface area contributed by atoms with Gasteiger partial charge in [0.05, 0.1) is 41.2 Å². The molecule has 1 aliphatic heterocycles. The smallest absolute Gasteiger partial charge is 0.180 e. The van der Waals surface area contributed by atoms with Gasteiger partial charge in [0.2, 0.25) is 0 Å². The molecule has 0 bridgehead atoms. The van der Waals surface area contributed by atoms with Gasteiger partial charge in [-0.2, -0.15) is 5.10 Å². The summed E-state index contributed by atoms with van der Waals surface area (Å²) in [6.07, 6.45) is 5.65. The fraction of sp³-hybridized carbons (Fsp3) is 0.360. The van der Waals surface area contributed by atoms with Gasteiger partial charge in [0.1, 0.15) is 18.2 Å². The maximum atomic E-state index is 14.1. The van der Waals surface area contributed by atoms with E-state index >= 15 is 0 Å². The van der Waals surface area contributed by atoms with Crippen molar-refractivity contribution in [3.63, 3.8) is 0 Å². The second-order valence-corrected chi connectivity index (χ2v) is 11.4. The van der Waals surface area contributed by atoms with Crippen molar-refractivity contribution in [2.45, 2.75) is 27.0 Å². The first-order chi connectivity index (χ1) is 17.2. The van der Waals surface area contributed by atoms with Crippen LogP contribution in [0.2, 0.25) is 0 Å². The number of aryl methyl sites for hydroxylation is 2. The van der Waals surface area contributed by atoms with Crippen LogP contribution in [0, 0.1) is 25.5 Å². The molecule has 11 heteroatoms. The van der Waals surface area contributed by atoms with Crippen molar-refractivity contribution in [2.75, 3.05) is 31.1 Å². The lowest BCUT2D eigenvalue weighted by molar-refractivity contribution is 0.278. The quantitative estimate of drug-likeness (QED) is 0.375. The topological polar surface area (TPSA) is 81.7 Å². The number of ether oxygens (including phenoxy) is 1. The lowest BCUT2D eigenvalue weighted by Gasteiger charge is -2.26. The molecule has 1 aromatic carbocycles. The van der Waals surface area contributed by atoms with Gasteiger partial charge in [-0.1, -0.05) is 6.07 Å². The van der Waals surface area contributed by atoms with Gasteiger partial charge in [0.25, 0.3) is 0 Å². The fourth-order valence-corrected chi connectivity index (χ4v) is 5.73. The maximum absolute atomic E-state index is 14.1. The third-order valence-electron chi connectivity index (χ3n) is 6.42. The Morgan fingerprint density at radius 3 is 2.50 bits per heavy atom. The summed E-state index contributed by atoms with van der Waals surface area (Å²) in [6.45, 7) is 5.99. The first kappa shape index (κ1) is 24.4. The van der Waals surface area contributed by atoms with Crippen LogP contribution < -0.4 is 4.74 Å². The van der Waals surface area contributed by atoms with E-state index in [1.807, 2.05) is 35.3 Å². The molecular formula is C25H27F2N5O3S. The van der Waals surface area contributed by atoms with Crippen LogP contribution in [0.4, 0.5) is 8.78 Å². The van der Waals surface area contributed by atoms with Crippen LogP contribution in [0.1, 0.15) is 16.8 Å². The summed E-state index contributed by atoms with van der Waals surface area (Å²) in [6, 6.07) is 5.53. The van der Waals surface area contributed by atoms with E-state index in [4.69, 9.17) is 4.74 Å². The van der Waals surface area contributed by atoms with E-state index in [-0.39, 0.29) is 23.7 Å². The largest absolute Gasteiger partial charge is 0.485 e. The Morgan fingerprint density at radius 1 is 1.06 bits per heavy atom. The third kappa shape index (κ3) is 4.98. The van der Waals surface area contributed by atoms with E-state index in [0.717, 1.165) is 22.5 Å². The predicted molar refractivity (Wildman–Crippen MR) is 132 cm³/mol. The second kappa shape index (κ2) is 9.62. The normalized spacial score (nSPS) is 16.0. The number of pyridine rings is 1. The number of aromatic nitrogens is 4. The Morgan fingerprint density at radius 2 is 1.78 bits per heavy atom. The highest BCUT2D eigenvalue weighted by Crippen LogP contribution is 2.30. The summed E-state index contributed by atoms with van der Waals surface area (Å²) in [5.74, 6) is -0.480. The first-order valence-corrected chi connectivity index (χ1v) is 13.5. The van der Waals surface area contributed by atoms with E-state index in [1.54, 1.807) is 12.3 Å². The van der Waals surface area contributed by atoms with Crippen LogP contribution in [-0.4, -0.2) is 63.6 Å². The highest BCUT2D eigenvalue weighted by atomic mass is 32.2. The van der Waals surface area contributed by atoms with Crippen molar-refractivity contribution in [1.82, 2.24) is 24.1 Å². The number of benzene rings is 1. The van der Waals surface area contributed by atoms with Gasteiger partial charge in [-0.15, -0.1) is 0 Å². The van der Waals surface area contributed by atoms with Crippen molar-refractivity contribution in [2.24, 2.45) is 0 Å². The molecule has 1 fully saturated rings. The van der Waals surface area contributed by atoms with Gasteiger partial charge < -0.3 is 4.74 Å². The van der Waals surface area contributed by atoms with Crippen LogP contribution in [0.5, 0.6) is 5.75 Å². The number of imidazole rings is 1. The summed E-state index contributed by atoms with van der Waals surface area (Å²) < 4.78 is 61.0. The van der Waals surface area contributed by atoms with Crippen molar-refractivity contribution in [3.8, 4) is 17.0 Å². The molecule has 0 spiro atoms. The van der Waals surface area contributed by atoms with Gasteiger partial charge in [-0.25, -0.2) is 22.2 Å². The second-order valence-electron chi connectivity index (χ2n) is 9.10. The number of hydrogen-bond acceptors (Lipinski definition) is 6. The SMILES string of the molecule is Cc1cc(OCc2c(F)cccc2F)c2nc(C)c(-c3cnn(CCN4CCS(=O)(=O)CC4)c3)n2c1. The van der Waals surface area contributed by atoms with Crippen LogP contribution in [0.3, 0.4) is 0 Å². The van der Waals surface area contributed by atoms with Gasteiger partial charge in [0.15, 0.2) is 21.2 Å². The minimum atomic E-state index is -2.90. The average molecular weight is 516 g/mol. The molecule has 4 aromatic rings. The lowest BCUT2D eigenvalue weighted by atomic mass is 10.2. The van der Waals surface area contributed by atoms with Crippen LogP contribution in [-0.2, 0) is 23.0 Å². The monoisotopic (exact) mass is 515 g/mol. The molecule has 0 saturated carbocycles. The number of halogens is 2. The number of rotatable bonds is 7. The summed E-state index contributed by atoms with van der Waals surface area (Å²) >= 11 is 0. The van der Waals surface area contributed by atoms with Gasteiger partial charge in [0, 0.05) is 37.6 Å². The lowest BCUT2D eigenvalue weighted by Crippen LogP contribution is -2.41. The zero-order valence-electron chi connectivity index (χ0n) is 20.1. The highest BCUT2D eigenvalue weighted by Gasteiger charge is 2.22. The van der Waals surface area contributed by atoms with E-state index in [0.29, 0.717) is 37.6 Å². The van der Waals surface area contributed by atoms with E-state index in [1.165, 1.54) is 18.2 Å². The number of fused-ring (bicyclic) bond motifs is 1. The van der Waals surface area contributed by atoms with Gasteiger partial charge >= 0.3 is 0 Å². The molecule has 0 N–H and O–H groups in total. The zero-order valence-corrected chi connectivity index (χ0v) is 20.9. The zero-order chi connectivity index (χ0) is 25.4. The molecule has 1 saturated heterocycles. The third-order valence-corrected chi connectivity index (χ3v) is 8.03. The standard InChI is InChI=1S/C25H27F2N5O3S/c1-17-12-23(35-16-20-21(26)4-3-5-22(20)27)25-29-18(2)24(32(25)14-17)19-13-28-31(15-19)7-6-30-8-10-36(33,34)11-9-30/h3-5,12-15H,6-11,16H2,1-2H3. The first-order valence-electron chi connectivity index (χ1n) is 11.7. The van der Waals surface area contributed by atoms with Crippen LogP contribution >= 0.6 is 0 Å². The van der Waals surface area contributed by atoms with Crippen LogP contribution in [0.15, 0.2) is 42.9 Å². The van der Waals surface area contributed by atoms with E-state index < -0.39 is 21.5 Å². The van der Waals surface area contributed by atoms with Crippen molar-refractivity contribution < 1.29 is 21.9 Å². The molecule has 1 aliphatic rings. The summed E-state index contributed by atoms with van der Waals surface area (Å²) in [5.41, 5.74) is 3.81. The minimum absolute atomic E-state index is 0.131. The summed E-state index contributed by atoms with van der Waals surface area (Å²) in [7, 11) is -2.90. The summed E-state index contributed by atoms with van der Waals surface area (Å²) in [4.78, 5) is 6.81. The van der Waals surface area contributed by atoms with Gasteiger partial charge in [-0.3, -0.25) is 14.0 Å². The van der Waals surface area contributed by atoms with Gasteiger partial charge in [-0.05, 0) is 37.6 Å². The Bertz CT molecular complexity index is 1500. The maximum Gasteiger partial charge on any atom is 0.180 e. The summed E-state index contributed by atoms with van der Waals surface area (Å²) in [5, 5.41) is 4.49. The molecule has 0 aliphatic carbocycles. The van der Waals surface area contributed by atoms with Crippen LogP contribution in [0.25, 0.3) is 16.9 Å². The molecule has 0 radical (unpaired) electrons. The molecule has 0 atom stereocenters. The highest BCUT2D eigenvalue weighted by molar-refractivity contribution is 7.91. The molecule has 3 aromatic heterocycles. The molecule has 36 heavy (non-hydrogen) atoms. The van der Waals surface area contributed by atoms with Crippen molar-refractivity contribution >= 4 is 15.5 Å². The average Bonchev–Trinajstić information content (AvgIpc) is 3.41. The molecule has 4 heterocycles. The number of nitrogens with zero attached hydrogens (tertiary/aromatic N) is 5. The Kier molecular flexibility index (Phi) is 6.52. The number of hydrogen-bond donors (Lipinski definition) is 0. The number of sulfone groups is 1. The fourth-order valence-electron chi connectivity index (χ4n) is 4.46. The molecule has 190 valence electrons. The Hall–Kier alpha value is -3.31. The molecule has 5 rings (SSSR count). The van der Waals surface area contributed by atoms with Crippen molar-refractivity contribution in [3.05, 3.63) is 71.3 Å². The Balaban J connectivity index is 1.37.